The van der Waals surface area contributed by atoms with Crippen molar-refractivity contribution in [3.8, 4) is 0 Å². The summed E-state index contributed by atoms with van der Waals surface area (Å²) in [5.74, 6) is -0.0770. The second-order valence-corrected chi connectivity index (χ2v) is 5.82. The number of carbonyl (C=O) groups excluding carboxylic acids is 1. The highest BCUT2D eigenvalue weighted by atomic mass is 35.5. The van der Waals surface area contributed by atoms with Gasteiger partial charge in [-0.25, -0.2) is 0 Å². The average Bonchev–Trinajstić information content (AvgIpc) is 2.50. The van der Waals surface area contributed by atoms with Crippen LogP contribution in [0.3, 0.4) is 0 Å². The van der Waals surface area contributed by atoms with Gasteiger partial charge in [0.05, 0.1) is 12.6 Å². The van der Waals surface area contributed by atoms with E-state index >= 15 is 0 Å². The van der Waals surface area contributed by atoms with Gasteiger partial charge < -0.3 is 10.6 Å². The number of benzene rings is 2. The van der Waals surface area contributed by atoms with Crippen molar-refractivity contribution < 1.29 is 4.79 Å². The molecule has 0 heterocycles. The molecule has 1 unspecified atom stereocenters. The third kappa shape index (κ3) is 4.93. The van der Waals surface area contributed by atoms with Crippen LogP contribution in [-0.4, -0.2) is 12.5 Å². The number of amides is 1. The standard InChI is InChI=1S/C17H18Cl2N2O/c1-2-16(12-6-4-3-5-7-12)21-17(22)11-20-15-9-13(18)8-14(19)10-15/h3-10,16,20H,2,11H2,1H3,(H,21,22). The van der Waals surface area contributed by atoms with E-state index in [-0.39, 0.29) is 18.5 Å². The van der Waals surface area contributed by atoms with Gasteiger partial charge in [0.15, 0.2) is 0 Å². The van der Waals surface area contributed by atoms with Crippen LogP contribution in [0.1, 0.15) is 24.9 Å². The molecule has 0 spiro atoms. The van der Waals surface area contributed by atoms with Crippen molar-refractivity contribution in [3.05, 3.63) is 64.1 Å². The van der Waals surface area contributed by atoms with E-state index in [1.54, 1.807) is 18.2 Å². The Balaban J connectivity index is 1.92. The minimum absolute atomic E-state index is 0.0125. The molecule has 2 N–H and O–H groups in total. The molecule has 5 heteroatoms. The maximum Gasteiger partial charge on any atom is 0.239 e. The lowest BCUT2D eigenvalue weighted by molar-refractivity contribution is -0.120. The molecule has 2 rings (SSSR count). The van der Waals surface area contributed by atoms with E-state index < -0.39 is 0 Å². The minimum atomic E-state index is -0.0770. The van der Waals surface area contributed by atoms with Gasteiger partial charge in [-0.15, -0.1) is 0 Å². The Hall–Kier alpha value is -1.71. The molecule has 116 valence electrons. The predicted octanol–water partition coefficient (Wildman–Crippen LogP) is 4.67. The summed E-state index contributed by atoms with van der Waals surface area (Å²) in [6.07, 6.45) is 0.832. The topological polar surface area (TPSA) is 41.1 Å². The molecule has 2 aromatic rings. The second kappa shape index (κ2) is 8.06. The SMILES string of the molecule is CCC(NC(=O)CNc1cc(Cl)cc(Cl)c1)c1ccccc1. The van der Waals surface area contributed by atoms with Crippen molar-refractivity contribution in [1.82, 2.24) is 5.32 Å². The van der Waals surface area contributed by atoms with Crippen molar-refractivity contribution in [3.63, 3.8) is 0 Å². The van der Waals surface area contributed by atoms with Gasteiger partial charge in [-0.05, 0) is 30.2 Å². The lowest BCUT2D eigenvalue weighted by atomic mass is 10.0. The van der Waals surface area contributed by atoms with Crippen molar-refractivity contribution in [2.45, 2.75) is 19.4 Å². The molecule has 0 aliphatic heterocycles. The van der Waals surface area contributed by atoms with Gasteiger partial charge in [-0.1, -0.05) is 60.5 Å². The molecule has 2 aromatic carbocycles. The second-order valence-electron chi connectivity index (χ2n) is 4.95. The zero-order chi connectivity index (χ0) is 15.9. The normalized spacial score (nSPS) is 11.8. The smallest absolute Gasteiger partial charge is 0.239 e. The summed E-state index contributed by atoms with van der Waals surface area (Å²) in [6, 6.07) is 15.0. The molecule has 0 aliphatic carbocycles. The Morgan fingerprint density at radius 2 is 1.73 bits per heavy atom. The Kier molecular flexibility index (Phi) is 6.10. The molecule has 1 amide bonds. The van der Waals surface area contributed by atoms with E-state index in [2.05, 4.69) is 10.6 Å². The fourth-order valence-electron chi connectivity index (χ4n) is 2.19. The van der Waals surface area contributed by atoms with Gasteiger partial charge in [-0.3, -0.25) is 4.79 Å². The molecule has 22 heavy (non-hydrogen) atoms. The molecular weight excluding hydrogens is 319 g/mol. The molecule has 0 aromatic heterocycles. The summed E-state index contributed by atoms with van der Waals surface area (Å²) in [6.45, 7) is 2.21. The lowest BCUT2D eigenvalue weighted by Crippen LogP contribution is -2.33. The zero-order valence-corrected chi connectivity index (χ0v) is 13.8. The summed E-state index contributed by atoms with van der Waals surface area (Å²) in [4.78, 5) is 12.1. The van der Waals surface area contributed by atoms with Crippen molar-refractivity contribution in [2.75, 3.05) is 11.9 Å². The van der Waals surface area contributed by atoms with E-state index in [1.165, 1.54) is 0 Å². The maximum atomic E-state index is 12.1. The molecule has 0 aliphatic rings. The van der Waals surface area contributed by atoms with E-state index in [9.17, 15) is 4.79 Å². The van der Waals surface area contributed by atoms with Crippen molar-refractivity contribution >= 4 is 34.8 Å². The van der Waals surface area contributed by atoms with Crippen molar-refractivity contribution in [1.29, 1.82) is 0 Å². The molecule has 0 saturated heterocycles. The predicted molar refractivity (Wildman–Crippen MR) is 92.6 cm³/mol. The number of halogens is 2. The molecular formula is C17H18Cl2N2O. The molecule has 0 bridgehead atoms. The highest BCUT2D eigenvalue weighted by Crippen LogP contribution is 2.22. The highest BCUT2D eigenvalue weighted by molar-refractivity contribution is 6.35. The first-order valence-corrected chi connectivity index (χ1v) is 7.88. The minimum Gasteiger partial charge on any atom is -0.376 e. The number of nitrogens with one attached hydrogen (secondary N) is 2. The number of hydrogen-bond donors (Lipinski definition) is 2. The van der Waals surface area contributed by atoms with Crippen molar-refractivity contribution in [2.24, 2.45) is 0 Å². The zero-order valence-electron chi connectivity index (χ0n) is 12.3. The lowest BCUT2D eigenvalue weighted by Gasteiger charge is -2.18. The van der Waals surface area contributed by atoms with Gasteiger partial charge >= 0.3 is 0 Å². The maximum absolute atomic E-state index is 12.1. The van der Waals surface area contributed by atoms with Crippen LogP contribution in [-0.2, 0) is 4.79 Å². The summed E-state index contributed by atoms with van der Waals surface area (Å²) < 4.78 is 0. The van der Waals surface area contributed by atoms with Crippen LogP contribution in [0.25, 0.3) is 0 Å². The van der Waals surface area contributed by atoms with E-state index in [0.717, 1.165) is 17.7 Å². The third-order valence-corrected chi connectivity index (χ3v) is 3.70. The van der Waals surface area contributed by atoms with E-state index in [0.29, 0.717) is 10.0 Å². The average molecular weight is 337 g/mol. The molecule has 3 nitrogen and oxygen atoms in total. The van der Waals surface area contributed by atoms with Gasteiger partial charge in [0.2, 0.25) is 5.91 Å². The largest absolute Gasteiger partial charge is 0.376 e. The first-order chi connectivity index (χ1) is 10.6. The van der Waals surface area contributed by atoms with Gasteiger partial charge in [0, 0.05) is 15.7 Å². The Morgan fingerprint density at radius 1 is 1.09 bits per heavy atom. The summed E-state index contributed by atoms with van der Waals surface area (Å²) in [5, 5.41) is 7.11. The van der Waals surface area contributed by atoms with Gasteiger partial charge in [0.1, 0.15) is 0 Å². The Bertz CT molecular complexity index is 612. The Morgan fingerprint density at radius 3 is 2.32 bits per heavy atom. The Labute approximate surface area is 140 Å². The van der Waals surface area contributed by atoms with E-state index in [1.807, 2.05) is 37.3 Å². The molecule has 0 radical (unpaired) electrons. The summed E-state index contributed by atoms with van der Waals surface area (Å²) in [5.41, 5.74) is 1.82. The van der Waals surface area contributed by atoms with Gasteiger partial charge in [-0.2, -0.15) is 0 Å². The van der Waals surface area contributed by atoms with Crippen LogP contribution < -0.4 is 10.6 Å². The quantitative estimate of drug-likeness (QED) is 0.804. The van der Waals surface area contributed by atoms with Crippen LogP contribution in [0.15, 0.2) is 48.5 Å². The molecule has 1 atom stereocenters. The van der Waals surface area contributed by atoms with Crippen LogP contribution in [0.2, 0.25) is 10.0 Å². The molecule has 0 fully saturated rings. The van der Waals surface area contributed by atoms with E-state index in [4.69, 9.17) is 23.2 Å². The fraction of sp³-hybridized carbons (Fsp3) is 0.235. The number of carbonyl (C=O) groups is 1. The number of hydrogen-bond acceptors (Lipinski definition) is 2. The van der Waals surface area contributed by atoms with Crippen LogP contribution in [0, 0.1) is 0 Å². The first-order valence-electron chi connectivity index (χ1n) is 7.12. The van der Waals surface area contributed by atoms with Crippen LogP contribution in [0.4, 0.5) is 5.69 Å². The molecule has 0 saturated carbocycles. The van der Waals surface area contributed by atoms with Crippen LogP contribution in [0.5, 0.6) is 0 Å². The highest BCUT2D eigenvalue weighted by Gasteiger charge is 2.12. The summed E-state index contributed by atoms with van der Waals surface area (Å²) >= 11 is 11.9. The fourth-order valence-corrected chi connectivity index (χ4v) is 2.72. The van der Waals surface area contributed by atoms with Gasteiger partial charge in [0.25, 0.3) is 0 Å². The number of rotatable bonds is 6. The van der Waals surface area contributed by atoms with Crippen LogP contribution >= 0.6 is 23.2 Å². The summed E-state index contributed by atoms with van der Waals surface area (Å²) in [7, 11) is 0. The number of anilines is 1. The first kappa shape index (κ1) is 16.7. The monoisotopic (exact) mass is 336 g/mol. The third-order valence-electron chi connectivity index (χ3n) is 3.26.